The smallest absolute Gasteiger partial charge is 0.0458 e. The maximum atomic E-state index is 2.57. The van der Waals surface area contributed by atoms with E-state index in [-0.39, 0.29) is 5.92 Å². The molecular weight excluding hydrogens is 651 g/mol. The molecule has 0 N–H and O–H groups in total. The molecule has 0 saturated heterocycles. The van der Waals surface area contributed by atoms with E-state index in [1.54, 1.807) is 0 Å². The number of hydrogen-bond acceptors (Lipinski definition) is 1. The van der Waals surface area contributed by atoms with E-state index in [0.29, 0.717) is 5.92 Å². The Balaban J connectivity index is 1.28. The van der Waals surface area contributed by atoms with Crippen molar-refractivity contribution in [3.8, 4) is 0 Å². The fraction of sp³-hybridized carbons (Fsp3) is 0.208. The van der Waals surface area contributed by atoms with Crippen molar-refractivity contribution in [2.24, 2.45) is 5.92 Å². The molecule has 0 radical (unpaired) electrons. The Bertz CT molecular complexity index is 2520. The fourth-order valence-electron chi connectivity index (χ4n) is 9.29. The van der Waals surface area contributed by atoms with Gasteiger partial charge < -0.3 is 4.90 Å². The third-order valence-corrected chi connectivity index (χ3v) is 11.8. The van der Waals surface area contributed by atoms with Crippen molar-refractivity contribution in [1.82, 2.24) is 0 Å². The topological polar surface area (TPSA) is 3.24 Å². The third-order valence-electron chi connectivity index (χ3n) is 11.8. The molecule has 2 bridgehead atoms. The lowest BCUT2D eigenvalue weighted by Gasteiger charge is -2.42. The van der Waals surface area contributed by atoms with Crippen molar-refractivity contribution >= 4 is 28.6 Å². The van der Waals surface area contributed by atoms with Gasteiger partial charge in [0.05, 0.1) is 0 Å². The predicted octanol–water partition coefficient (Wildman–Crippen LogP) is 12.3. The van der Waals surface area contributed by atoms with Crippen molar-refractivity contribution in [2.45, 2.75) is 66.2 Å². The van der Waals surface area contributed by atoms with Crippen LogP contribution < -0.4 is 15.3 Å². The minimum atomic E-state index is 0.237. The van der Waals surface area contributed by atoms with Crippen molar-refractivity contribution in [1.29, 1.82) is 0 Å². The first-order chi connectivity index (χ1) is 26.3. The van der Waals surface area contributed by atoms with Crippen molar-refractivity contribution in [3.63, 3.8) is 0 Å². The molecule has 9 rings (SSSR count). The quantitative estimate of drug-likeness (QED) is 0.200. The summed E-state index contributed by atoms with van der Waals surface area (Å²) in [4.78, 5) is 2.57. The van der Waals surface area contributed by atoms with Gasteiger partial charge in [-0.3, -0.25) is 0 Å². The van der Waals surface area contributed by atoms with Gasteiger partial charge in [0.1, 0.15) is 0 Å². The van der Waals surface area contributed by atoms with Gasteiger partial charge in [-0.05, 0) is 157 Å². The lowest BCUT2D eigenvalue weighted by Crippen LogP contribution is -2.30. The summed E-state index contributed by atoms with van der Waals surface area (Å²) in [5.74, 6) is 0.636. The first-order valence-corrected chi connectivity index (χ1v) is 19.8. The van der Waals surface area contributed by atoms with Crippen LogP contribution in [0, 0.1) is 26.7 Å². The van der Waals surface area contributed by atoms with Crippen LogP contribution in [0.2, 0.25) is 0 Å². The Labute approximate surface area is 321 Å². The van der Waals surface area contributed by atoms with Crippen LogP contribution in [0.3, 0.4) is 0 Å². The SMILES string of the molecule is CC1=CC2C/C=C/C(C)=C\C(c3cc(C)cc(C4=C5C=CCCC5=C(N(c5ccc(C)cc5)c5ccc(C)cc5)C5CC=CC=C45)c3)=c3\ccc(c2c3)=C1. The van der Waals surface area contributed by atoms with Crippen LogP contribution in [0.25, 0.3) is 17.2 Å². The largest absolute Gasteiger partial charge is 0.313 e. The summed E-state index contributed by atoms with van der Waals surface area (Å²) in [6.07, 6.45) is 27.8. The number of benzene rings is 4. The molecule has 0 fully saturated rings. The third kappa shape index (κ3) is 6.26. The van der Waals surface area contributed by atoms with E-state index in [9.17, 15) is 0 Å². The van der Waals surface area contributed by atoms with Gasteiger partial charge >= 0.3 is 0 Å². The fourth-order valence-corrected chi connectivity index (χ4v) is 9.29. The molecule has 1 nitrogen and oxygen atoms in total. The molecule has 5 aliphatic rings. The van der Waals surface area contributed by atoms with Gasteiger partial charge in [0.25, 0.3) is 0 Å². The van der Waals surface area contributed by atoms with E-state index < -0.39 is 0 Å². The van der Waals surface area contributed by atoms with Crippen LogP contribution in [0.1, 0.15) is 78.8 Å². The molecule has 0 spiro atoms. The van der Waals surface area contributed by atoms with Crippen LogP contribution in [0.15, 0.2) is 173 Å². The molecule has 0 amide bonds. The van der Waals surface area contributed by atoms with Gasteiger partial charge in [-0.2, -0.15) is 0 Å². The summed E-state index contributed by atoms with van der Waals surface area (Å²) in [6, 6.07) is 32.6. The van der Waals surface area contributed by atoms with E-state index in [4.69, 9.17) is 0 Å². The average molecular weight is 700 g/mol. The monoisotopic (exact) mass is 699 g/mol. The number of fused-ring (bicyclic) bond motifs is 3. The van der Waals surface area contributed by atoms with Crippen molar-refractivity contribution in [3.05, 3.63) is 217 Å². The van der Waals surface area contributed by atoms with Crippen LogP contribution in [-0.4, -0.2) is 0 Å². The highest BCUT2D eigenvalue weighted by Gasteiger charge is 2.37. The van der Waals surface area contributed by atoms with Gasteiger partial charge in [-0.1, -0.05) is 132 Å². The number of aryl methyl sites for hydroxylation is 3. The summed E-state index contributed by atoms with van der Waals surface area (Å²) in [5, 5.41) is 2.64. The maximum Gasteiger partial charge on any atom is 0.0458 e. The van der Waals surface area contributed by atoms with Gasteiger partial charge in [0.15, 0.2) is 0 Å². The summed E-state index contributed by atoms with van der Waals surface area (Å²) in [5.41, 5.74) is 21.3. The zero-order valence-corrected chi connectivity index (χ0v) is 32.3. The van der Waals surface area contributed by atoms with Gasteiger partial charge in [-0.15, -0.1) is 0 Å². The lowest BCUT2D eigenvalue weighted by molar-refractivity contribution is 0.690. The van der Waals surface area contributed by atoms with Crippen LogP contribution in [-0.2, 0) is 0 Å². The molecule has 0 heterocycles. The van der Waals surface area contributed by atoms with Crippen molar-refractivity contribution in [2.75, 3.05) is 4.90 Å². The molecule has 0 aromatic heterocycles. The molecule has 0 saturated carbocycles. The molecule has 2 atom stereocenters. The molecule has 5 aliphatic carbocycles. The summed E-state index contributed by atoms with van der Waals surface area (Å²) in [6.45, 7) is 11.1. The molecular formula is C53H49N. The van der Waals surface area contributed by atoms with Crippen LogP contribution >= 0.6 is 0 Å². The second-order valence-electron chi connectivity index (χ2n) is 16.0. The van der Waals surface area contributed by atoms with E-state index in [1.165, 1.54) is 99.9 Å². The average Bonchev–Trinajstić information content (AvgIpc) is 3.17. The van der Waals surface area contributed by atoms with Gasteiger partial charge in [-0.25, -0.2) is 0 Å². The minimum absolute atomic E-state index is 0.237. The van der Waals surface area contributed by atoms with E-state index in [2.05, 4.69) is 185 Å². The first kappa shape index (κ1) is 34.1. The number of rotatable bonds is 5. The van der Waals surface area contributed by atoms with E-state index >= 15 is 0 Å². The number of nitrogens with zero attached hydrogens (tertiary/aromatic N) is 1. The molecule has 1 heteroatoms. The normalized spacial score (nSPS) is 22.6. The van der Waals surface area contributed by atoms with Crippen molar-refractivity contribution < 1.29 is 0 Å². The van der Waals surface area contributed by atoms with E-state index in [1.807, 2.05) is 0 Å². The highest BCUT2D eigenvalue weighted by atomic mass is 15.2. The van der Waals surface area contributed by atoms with Gasteiger partial charge in [0, 0.05) is 28.9 Å². The Morgan fingerprint density at radius 3 is 2.11 bits per heavy atom. The Morgan fingerprint density at radius 1 is 0.611 bits per heavy atom. The Morgan fingerprint density at radius 2 is 1.35 bits per heavy atom. The summed E-state index contributed by atoms with van der Waals surface area (Å²) in [7, 11) is 0. The molecule has 266 valence electrons. The zero-order chi connectivity index (χ0) is 36.9. The standard InChI is InChI=1S/C53H49N/c1-34-17-23-44(24-18-34)54(45-25-19-35(2)20-26-45)53-48-15-8-6-13-46(48)52(47-14-7-9-16-49(47)53)43-30-38(5)29-42(32-43)50-31-36(3)11-10-12-39-27-37(4)28-40-21-22-41(50)33-51(39)40/h6-8,10-11,13-14,17-33,39,48H,9,12,15-16H2,1-5H3/b11-10+,36-31-,50-41+. The van der Waals surface area contributed by atoms with E-state index in [0.717, 1.165) is 25.7 Å². The molecule has 0 aliphatic heterocycles. The Kier molecular flexibility index (Phi) is 8.82. The highest BCUT2D eigenvalue weighted by Crippen LogP contribution is 2.52. The number of anilines is 2. The molecule has 4 aromatic carbocycles. The summed E-state index contributed by atoms with van der Waals surface area (Å²) >= 11 is 0. The highest BCUT2D eigenvalue weighted by molar-refractivity contribution is 5.93. The lowest BCUT2D eigenvalue weighted by atomic mass is 9.70. The number of hydrogen-bond donors (Lipinski definition) is 0. The molecule has 54 heavy (non-hydrogen) atoms. The Hall–Kier alpha value is -5.66. The number of allylic oxidation sites excluding steroid dienone is 15. The minimum Gasteiger partial charge on any atom is -0.313 e. The van der Waals surface area contributed by atoms with Crippen LogP contribution in [0.5, 0.6) is 0 Å². The second-order valence-corrected chi connectivity index (χ2v) is 16.0. The predicted molar refractivity (Wildman–Crippen MR) is 230 cm³/mol. The second kappa shape index (κ2) is 14.0. The summed E-state index contributed by atoms with van der Waals surface area (Å²) < 4.78 is 0. The molecule has 2 unspecified atom stereocenters. The van der Waals surface area contributed by atoms with Crippen LogP contribution in [0.4, 0.5) is 11.4 Å². The molecule has 4 aromatic rings. The maximum absolute atomic E-state index is 2.57. The zero-order valence-electron chi connectivity index (χ0n) is 32.3. The van der Waals surface area contributed by atoms with Gasteiger partial charge in [0.2, 0.25) is 0 Å². The first-order valence-electron chi connectivity index (χ1n) is 19.8.